The number of allylic oxidation sites excluding steroid dienone is 1. The molecule has 0 fully saturated rings. The normalized spacial score (nSPS) is 11.7. The van der Waals surface area contributed by atoms with Crippen molar-refractivity contribution in [3.63, 3.8) is 0 Å². The van der Waals surface area contributed by atoms with E-state index in [-0.39, 0.29) is 5.97 Å². The number of rotatable bonds is 5. The molecule has 0 aliphatic carbocycles. The monoisotopic (exact) mass is 246 g/mol. The highest BCUT2D eigenvalue weighted by molar-refractivity contribution is 5.88. The number of aryl methyl sites for hydroxylation is 1. The molecule has 18 heavy (non-hydrogen) atoms. The van der Waals surface area contributed by atoms with Crippen molar-refractivity contribution < 1.29 is 9.53 Å². The number of hydrogen-bond acceptors (Lipinski definition) is 2. The molecule has 98 valence electrons. The molecule has 0 aliphatic rings. The topological polar surface area (TPSA) is 26.3 Å². The average molecular weight is 246 g/mol. The Kier molecular flexibility index (Phi) is 5.63. The first-order valence-electron chi connectivity index (χ1n) is 6.35. The molecule has 0 unspecified atom stereocenters. The highest BCUT2D eigenvalue weighted by Crippen LogP contribution is 2.13. The van der Waals surface area contributed by atoms with Gasteiger partial charge in [-0.3, -0.25) is 0 Å². The van der Waals surface area contributed by atoms with Crippen LogP contribution < -0.4 is 0 Å². The van der Waals surface area contributed by atoms with Crippen molar-refractivity contribution in [1.82, 2.24) is 0 Å². The lowest BCUT2D eigenvalue weighted by molar-refractivity contribution is -0.136. The van der Waals surface area contributed by atoms with E-state index in [2.05, 4.69) is 45.0 Å². The Morgan fingerprint density at radius 2 is 1.89 bits per heavy atom. The highest BCUT2D eigenvalue weighted by Gasteiger charge is 2.10. The van der Waals surface area contributed by atoms with Gasteiger partial charge >= 0.3 is 5.97 Å². The summed E-state index contributed by atoms with van der Waals surface area (Å²) in [7, 11) is 1.43. The van der Waals surface area contributed by atoms with E-state index in [1.807, 2.05) is 6.08 Å². The molecule has 0 saturated carbocycles. The van der Waals surface area contributed by atoms with Crippen molar-refractivity contribution in [1.29, 1.82) is 0 Å². The van der Waals surface area contributed by atoms with Crippen LogP contribution in [0.5, 0.6) is 0 Å². The van der Waals surface area contributed by atoms with Gasteiger partial charge in [0.2, 0.25) is 0 Å². The van der Waals surface area contributed by atoms with E-state index in [0.29, 0.717) is 12.3 Å². The first-order valence-corrected chi connectivity index (χ1v) is 6.35. The third-order valence-corrected chi connectivity index (χ3v) is 2.80. The van der Waals surface area contributed by atoms with E-state index in [1.165, 1.54) is 12.7 Å². The second-order valence-corrected chi connectivity index (χ2v) is 5.01. The van der Waals surface area contributed by atoms with Crippen molar-refractivity contribution in [2.75, 3.05) is 7.11 Å². The van der Waals surface area contributed by atoms with Crippen molar-refractivity contribution in [3.8, 4) is 0 Å². The second-order valence-electron chi connectivity index (χ2n) is 5.01. The Hall–Kier alpha value is -1.57. The van der Waals surface area contributed by atoms with Gasteiger partial charge in [0, 0.05) is 12.0 Å². The Balaban J connectivity index is 2.81. The zero-order valence-electron chi connectivity index (χ0n) is 11.7. The number of carbonyl (C=O) groups is 1. The van der Waals surface area contributed by atoms with Crippen LogP contribution in [0.2, 0.25) is 0 Å². The maximum atomic E-state index is 11.7. The second kappa shape index (κ2) is 7.00. The number of methoxy groups -OCH3 is 1. The number of carbonyl (C=O) groups excluding carboxylic acids is 1. The summed E-state index contributed by atoms with van der Waals surface area (Å²) in [6, 6.07) is 8.24. The van der Waals surface area contributed by atoms with Crippen LogP contribution in [-0.4, -0.2) is 13.1 Å². The molecule has 2 nitrogen and oxygen atoms in total. The lowest BCUT2D eigenvalue weighted by Gasteiger charge is -2.07. The van der Waals surface area contributed by atoms with E-state index in [1.54, 1.807) is 0 Å². The summed E-state index contributed by atoms with van der Waals surface area (Å²) in [5.41, 5.74) is 3.11. The fourth-order valence-corrected chi connectivity index (χ4v) is 1.66. The standard InChI is InChI=1S/C16H22O2/c1-12(2)5-10-15(16(17)18-4)11-14-8-6-13(3)7-9-14/h6-10,12H,5,11H2,1-4H3/b15-10+. The van der Waals surface area contributed by atoms with E-state index in [0.717, 1.165) is 17.6 Å². The van der Waals surface area contributed by atoms with Crippen molar-refractivity contribution in [2.24, 2.45) is 5.92 Å². The maximum absolute atomic E-state index is 11.7. The van der Waals surface area contributed by atoms with Crippen LogP contribution in [0.3, 0.4) is 0 Å². The van der Waals surface area contributed by atoms with Gasteiger partial charge < -0.3 is 4.74 Å². The molecule has 0 atom stereocenters. The van der Waals surface area contributed by atoms with Gasteiger partial charge in [0.25, 0.3) is 0 Å². The largest absolute Gasteiger partial charge is 0.466 e. The lowest BCUT2D eigenvalue weighted by Crippen LogP contribution is -2.08. The molecule has 1 rings (SSSR count). The Morgan fingerprint density at radius 3 is 2.39 bits per heavy atom. The van der Waals surface area contributed by atoms with Crippen LogP contribution in [0, 0.1) is 12.8 Å². The van der Waals surface area contributed by atoms with E-state index >= 15 is 0 Å². The molecule has 0 heterocycles. The molecule has 0 bridgehead atoms. The third kappa shape index (κ3) is 4.74. The Labute approximate surface area is 110 Å². The zero-order chi connectivity index (χ0) is 13.5. The maximum Gasteiger partial charge on any atom is 0.333 e. The van der Waals surface area contributed by atoms with Crippen LogP contribution in [0.25, 0.3) is 0 Å². The molecule has 0 aromatic heterocycles. The predicted octanol–water partition coefficient (Wildman–Crippen LogP) is 3.68. The van der Waals surface area contributed by atoms with Crippen molar-refractivity contribution in [3.05, 3.63) is 47.0 Å². The fraction of sp³-hybridized carbons (Fsp3) is 0.438. The third-order valence-electron chi connectivity index (χ3n) is 2.80. The van der Waals surface area contributed by atoms with E-state index in [9.17, 15) is 4.79 Å². The Bertz CT molecular complexity index is 413. The summed E-state index contributed by atoms with van der Waals surface area (Å²) >= 11 is 0. The van der Waals surface area contributed by atoms with Gasteiger partial charge in [-0.2, -0.15) is 0 Å². The number of benzene rings is 1. The van der Waals surface area contributed by atoms with Crippen LogP contribution in [0.15, 0.2) is 35.9 Å². The average Bonchev–Trinajstić information content (AvgIpc) is 2.35. The molecule has 0 aliphatic heterocycles. The molecule has 0 N–H and O–H groups in total. The minimum atomic E-state index is -0.226. The van der Waals surface area contributed by atoms with Gasteiger partial charge in [-0.05, 0) is 24.8 Å². The van der Waals surface area contributed by atoms with Gasteiger partial charge in [-0.1, -0.05) is 49.8 Å². The molecule has 1 aromatic carbocycles. The lowest BCUT2D eigenvalue weighted by atomic mass is 10.0. The number of esters is 1. The van der Waals surface area contributed by atoms with Crippen molar-refractivity contribution >= 4 is 5.97 Å². The van der Waals surface area contributed by atoms with E-state index in [4.69, 9.17) is 4.74 Å². The molecule has 0 spiro atoms. The van der Waals surface area contributed by atoms with Crippen LogP contribution >= 0.6 is 0 Å². The first-order chi connectivity index (χ1) is 8.52. The summed E-state index contributed by atoms with van der Waals surface area (Å²) in [6.45, 7) is 6.33. The fourth-order valence-electron chi connectivity index (χ4n) is 1.66. The van der Waals surface area contributed by atoms with Gasteiger partial charge in [0.1, 0.15) is 0 Å². The summed E-state index contributed by atoms with van der Waals surface area (Å²) in [4.78, 5) is 11.7. The molecular formula is C16H22O2. The van der Waals surface area contributed by atoms with Crippen molar-refractivity contribution in [2.45, 2.75) is 33.6 Å². The van der Waals surface area contributed by atoms with Crippen LogP contribution in [0.1, 0.15) is 31.4 Å². The SMILES string of the molecule is COC(=O)/C(=C/CC(C)C)Cc1ccc(C)cc1. The zero-order valence-corrected chi connectivity index (χ0v) is 11.7. The minimum Gasteiger partial charge on any atom is -0.466 e. The summed E-state index contributed by atoms with van der Waals surface area (Å²) in [6.07, 6.45) is 3.53. The number of hydrogen-bond donors (Lipinski definition) is 0. The van der Waals surface area contributed by atoms with Crippen LogP contribution in [-0.2, 0) is 16.0 Å². The quantitative estimate of drug-likeness (QED) is 0.585. The Morgan fingerprint density at radius 1 is 1.28 bits per heavy atom. The first kappa shape index (κ1) is 14.5. The van der Waals surface area contributed by atoms with Gasteiger partial charge in [-0.25, -0.2) is 4.79 Å². The molecule has 0 radical (unpaired) electrons. The molecule has 0 saturated heterocycles. The van der Waals surface area contributed by atoms with Gasteiger partial charge in [0.15, 0.2) is 0 Å². The smallest absolute Gasteiger partial charge is 0.333 e. The summed E-state index contributed by atoms with van der Waals surface area (Å²) in [5.74, 6) is 0.318. The van der Waals surface area contributed by atoms with Gasteiger partial charge in [0.05, 0.1) is 7.11 Å². The van der Waals surface area contributed by atoms with E-state index < -0.39 is 0 Å². The molecule has 0 amide bonds. The minimum absolute atomic E-state index is 0.226. The summed E-state index contributed by atoms with van der Waals surface area (Å²) in [5, 5.41) is 0. The predicted molar refractivity (Wildman–Crippen MR) is 74.4 cm³/mol. The summed E-state index contributed by atoms with van der Waals surface area (Å²) < 4.78 is 4.83. The molecule has 2 heteroatoms. The van der Waals surface area contributed by atoms with Crippen LogP contribution in [0.4, 0.5) is 0 Å². The highest BCUT2D eigenvalue weighted by atomic mass is 16.5. The number of ether oxygens (including phenoxy) is 1. The van der Waals surface area contributed by atoms with Gasteiger partial charge in [-0.15, -0.1) is 0 Å². The molecule has 1 aromatic rings. The molecular weight excluding hydrogens is 224 g/mol.